The largest absolute Gasteiger partial charge is 0.345 e. The summed E-state index contributed by atoms with van der Waals surface area (Å²) in [6, 6.07) is 26.3. The third-order valence-electron chi connectivity index (χ3n) is 3.87. The van der Waals surface area contributed by atoms with Crippen molar-refractivity contribution in [2.75, 3.05) is 14.1 Å². The zero-order chi connectivity index (χ0) is 16.2. The minimum absolute atomic E-state index is 0. The van der Waals surface area contributed by atoms with Crippen LogP contribution in [0.15, 0.2) is 78.9 Å². The third-order valence-corrected chi connectivity index (χ3v) is 3.87. The number of carbonyl (C=O) groups excluding carboxylic acids is 1. The Balaban J connectivity index is 0.00000208. The van der Waals surface area contributed by atoms with E-state index in [4.69, 9.17) is 0 Å². The highest BCUT2D eigenvalue weighted by Gasteiger charge is 2.16. The minimum Gasteiger partial charge on any atom is -0.345 e. The van der Waals surface area contributed by atoms with Crippen molar-refractivity contribution in [2.45, 2.75) is 0 Å². The molecule has 0 atom stereocenters. The molecule has 0 spiro atoms. The molecular formula is C21H21NOS. The van der Waals surface area contributed by atoms with Crippen molar-refractivity contribution in [1.82, 2.24) is 4.90 Å². The third kappa shape index (κ3) is 3.52. The lowest BCUT2D eigenvalue weighted by atomic mass is 9.91. The zero-order valence-electron chi connectivity index (χ0n) is 13.9. The second-order valence-corrected chi connectivity index (χ2v) is 5.66. The van der Waals surface area contributed by atoms with Crippen molar-refractivity contribution in [2.24, 2.45) is 0 Å². The quantitative estimate of drug-likeness (QED) is 0.671. The highest BCUT2D eigenvalue weighted by Crippen LogP contribution is 2.34. The van der Waals surface area contributed by atoms with E-state index in [9.17, 15) is 4.79 Å². The Morgan fingerprint density at radius 2 is 1.17 bits per heavy atom. The molecule has 3 aromatic carbocycles. The van der Waals surface area contributed by atoms with Gasteiger partial charge < -0.3 is 4.90 Å². The molecule has 0 aromatic heterocycles. The van der Waals surface area contributed by atoms with Gasteiger partial charge in [-0.1, -0.05) is 72.8 Å². The number of hydrogen-bond donors (Lipinski definition) is 0. The monoisotopic (exact) mass is 335 g/mol. The van der Waals surface area contributed by atoms with E-state index in [1.165, 1.54) is 0 Å². The van der Waals surface area contributed by atoms with Crippen LogP contribution in [0.5, 0.6) is 0 Å². The number of hydrogen-bond acceptors (Lipinski definition) is 1. The molecule has 0 aliphatic heterocycles. The molecule has 3 heteroatoms. The Morgan fingerprint density at radius 3 is 1.79 bits per heavy atom. The number of carbonyl (C=O) groups is 1. The number of amides is 1. The number of benzene rings is 3. The lowest BCUT2D eigenvalue weighted by molar-refractivity contribution is 0.0828. The molecule has 122 valence electrons. The van der Waals surface area contributed by atoms with Gasteiger partial charge in [-0.3, -0.25) is 4.79 Å². The summed E-state index contributed by atoms with van der Waals surface area (Å²) in [5.41, 5.74) is 5.04. The Morgan fingerprint density at radius 1 is 0.667 bits per heavy atom. The molecule has 3 aromatic rings. The second kappa shape index (κ2) is 7.84. The van der Waals surface area contributed by atoms with Crippen molar-refractivity contribution in [3.05, 3.63) is 84.4 Å². The highest BCUT2D eigenvalue weighted by atomic mass is 32.1. The molecule has 0 saturated carbocycles. The summed E-state index contributed by atoms with van der Waals surface area (Å²) in [6.45, 7) is 0. The second-order valence-electron chi connectivity index (χ2n) is 5.66. The topological polar surface area (TPSA) is 20.3 Å². The summed E-state index contributed by atoms with van der Waals surface area (Å²) in [6.07, 6.45) is 0. The van der Waals surface area contributed by atoms with Gasteiger partial charge in [-0.15, -0.1) is 0 Å². The van der Waals surface area contributed by atoms with Gasteiger partial charge in [0, 0.05) is 19.7 Å². The summed E-state index contributed by atoms with van der Waals surface area (Å²) < 4.78 is 0. The smallest absolute Gasteiger partial charge is 0.253 e. The van der Waals surface area contributed by atoms with E-state index >= 15 is 0 Å². The molecule has 1 amide bonds. The van der Waals surface area contributed by atoms with Gasteiger partial charge in [0.2, 0.25) is 0 Å². The van der Waals surface area contributed by atoms with Gasteiger partial charge in [0.25, 0.3) is 5.91 Å². The summed E-state index contributed by atoms with van der Waals surface area (Å²) >= 11 is 0. The first-order chi connectivity index (χ1) is 11.2. The van der Waals surface area contributed by atoms with Gasteiger partial charge in [-0.05, 0) is 28.3 Å². The van der Waals surface area contributed by atoms with E-state index in [1.54, 1.807) is 19.0 Å². The van der Waals surface area contributed by atoms with Crippen LogP contribution in [0.2, 0.25) is 0 Å². The van der Waals surface area contributed by atoms with Crippen LogP contribution < -0.4 is 0 Å². The van der Waals surface area contributed by atoms with E-state index in [2.05, 4.69) is 24.3 Å². The summed E-state index contributed by atoms with van der Waals surface area (Å²) in [7, 11) is 3.56. The van der Waals surface area contributed by atoms with Gasteiger partial charge >= 0.3 is 0 Å². The van der Waals surface area contributed by atoms with E-state index in [0.29, 0.717) is 0 Å². The Hall–Kier alpha value is -2.52. The molecule has 0 aliphatic rings. The maximum Gasteiger partial charge on any atom is 0.253 e. The molecule has 0 radical (unpaired) electrons. The van der Waals surface area contributed by atoms with Gasteiger partial charge in [0.1, 0.15) is 0 Å². The molecule has 0 aliphatic carbocycles. The van der Waals surface area contributed by atoms with Crippen LogP contribution in [0.4, 0.5) is 0 Å². The average molecular weight is 335 g/mol. The first-order valence-corrected chi connectivity index (χ1v) is 7.64. The Bertz CT molecular complexity index is 828. The summed E-state index contributed by atoms with van der Waals surface area (Å²) in [5, 5.41) is 0. The van der Waals surface area contributed by atoms with Crippen LogP contribution in [0.25, 0.3) is 22.3 Å². The standard InChI is InChI=1S/C21H19NO.H2S/c1-22(2)21(23)20-15-9-8-14-19(20)18-13-7-6-12-17(18)16-10-4-3-5-11-16;/h3-15H,1-2H3;1H2. The molecule has 0 N–H and O–H groups in total. The lowest BCUT2D eigenvalue weighted by Crippen LogP contribution is -2.22. The normalized spacial score (nSPS) is 9.92. The van der Waals surface area contributed by atoms with Crippen LogP contribution in [0, 0.1) is 0 Å². The Labute approximate surface area is 150 Å². The average Bonchev–Trinajstić information content (AvgIpc) is 2.62. The first kappa shape index (κ1) is 17.8. The predicted molar refractivity (Wildman–Crippen MR) is 106 cm³/mol. The molecule has 0 fully saturated rings. The van der Waals surface area contributed by atoms with Crippen molar-refractivity contribution in [3.63, 3.8) is 0 Å². The van der Waals surface area contributed by atoms with E-state index in [0.717, 1.165) is 27.8 Å². The Kier molecular flexibility index (Phi) is 5.83. The van der Waals surface area contributed by atoms with Gasteiger partial charge in [0.05, 0.1) is 0 Å². The highest BCUT2D eigenvalue weighted by molar-refractivity contribution is 7.59. The van der Waals surface area contributed by atoms with Crippen LogP contribution in [0.1, 0.15) is 10.4 Å². The molecule has 0 unspecified atom stereocenters. The van der Waals surface area contributed by atoms with Gasteiger partial charge in [-0.2, -0.15) is 13.5 Å². The van der Waals surface area contributed by atoms with E-state index in [-0.39, 0.29) is 19.4 Å². The van der Waals surface area contributed by atoms with Crippen LogP contribution in [0.3, 0.4) is 0 Å². The predicted octanol–water partition coefficient (Wildman–Crippen LogP) is 4.84. The molecule has 3 rings (SSSR count). The summed E-state index contributed by atoms with van der Waals surface area (Å²) in [5.74, 6) is 0.0171. The molecule has 0 heterocycles. The van der Waals surface area contributed by atoms with Crippen molar-refractivity contribution in [1.29, 1.82) is 0 Å². The number of rotatable bonds is 3. The first-order valence-electron chi connectivity index (χ1n) is 7.64. The maximum atomic E-state index is 12.5. The SMILES string of the molecule is CN(C)C(=O)c1ccccc1-c1ccccc1-c1ccccc1.S. The molecule has 0 saturated heterocycles. The molecule has 2 nitrogen and oxygen atoms in total. The lowest BCUT2D eigenvalue weighted by Gasteiger charge is -2.16. The van der Waals surface area contributed by atoms with Gasteiger partial charge in [0.15, 0.2) is 0 Å². The van der Waals surface area contributed by atoms with Crippen LogP contribution >= 0.6 is 13.5 Å². The van der Waals surface area contributed by atoms with Gasteiger partial charge in [-0.25, -0.2) is 0 Å². The van der Waals surface area contributed by atoms with E-state index < -0.39 is 0 Å². The van der Waals surface area contributed by atoms with Crippen molar-refractivity contribution < 1.29 is 4.79 Å². The fourth-order valence-electron chi connectivity index (χ4n) is 2.73. The fourth-order valence-corrected chi connectivity index (χ4v) is 2.73. The fraction of sp³-hybridized carbons (Fsp3) is 0.0952. The zero-order valence-corrected chi connectivity index (χ0v) is 14.9. The van der Waals surface area contributed by atoms with Crippen LogP contribution in [-0.4, -0.2) is 24.9 Å². The maximum absolute atomic E-state index is 12.5. The van der Waals surface area contributed by atoms with Crippen LogP contribution in [-0.2, 0) is 0 Å². The molecule has 0 bridgehead atoms. The minimum atomic E-state index is 0. The molecular weight excluding hydrogens is 314 g/mol. The van der Waals surface area contributed by atoms with Crippen molar-refractivity contribution >= 4 is 19.4 Å². The summed E-state index contributed by atoms with van der Waals surface area (Å²) in [4.78, 5) is 14.1. The number of nitrogens with zero attached hydrogens (tertiary/aromatic N) is 1. The van der Waals surface area contributed by atoms with E-state index in [1.807, 2.05) is 54.6 Å². The van der Waals surface area contributed by atoms with Crippen molar-refractivity contribution in [3.8, 4) is 22.3 Å². The molecule has 24 heavy (non-hydrogen) atoms.